The molecule has 0 aromatic heterocycles. The highest BCUT2D eigenvalue weighted by atomic mass is 16.5. The molecule has 8 rings (SSSR count). The lowest BCUT2D eigenvalue weighted by Gasteiger charge is -2.71. The number of fused-ring (bicyclic) bond motifs is 8. The van der Waals surface area contributed by atoms with E-state index >= 15 is 0 Å². The quantitative estimate of drug-likeness (QED) is 0.113. The van der Waals surface area contributed by atoms with Gasteiger partial charge in [-0.05, 0) is 105 Å². The van der Waals surface area contributed by atoms with Crippen molar-refractivity contribution in [2.24, 2.45) is 46.3 Å². The van der Waals surface area contributed by atoms with Gasteiger partial charge in [0.05, 0.1) is 29.5 Å². The Morgan fingerprint density at radius 2 is 1.86 bits per heavy atom. The molecule has 0 radical (unpaired) electrons. The Labute approximate surface area is 301 Å². The van der Waals surface area contributed by atoms with Gasteiger partial charge in [-0.25, -0.2) is 4.79 Å². The molecular weight excluding hydrogens is 646 g/mol. The summed E-state index contributed by atoms with van der Waals surface area (Å²) in [5, 5.41) is 64.5. The Balaban J connectivity index is 1.30. The van der Waals surface area contributed by atoms with E-state index in [-0.39, 0.29) is 49.8 Å². The molecule has 0 saturated heterocycles. The Morgan fingerprint density at radius 3 is 2.63 bits per heavy atom. The van der Waals surface area contributed by atoms with E-state index in [2.05, 4.69) is 37.1 Å². The smallest absolute Gasteiger partial charge is 0.331 e. The highest BCUT2D eigenvalue weighted by Crippen LogP contribution is 2.76. The topological polar surface area (TPSA) is 157 Å². The van der Waals surface area contributed by atoms with Crippen LogP contribution in [0.5, 0.6) is 0 Å². The first-order chi connectivity index (χ1) is 24.4. The van der Waals surface area contributed by atoms with E-state index in [1.807, 2.05) is 18.2 Å². The fourth-order valence-corrected chi connectivity index (χ4v) is 13.4. The number of hydrogen-bond acceptors (Lipinski definition) is 9. The van der Waals surface area contributed by atoms with E-state index in [4.69, 9.17) is 4.74 Å². The van der Waals surface area contributed by atoms with Crippen molar-refractivity contribution in [3.05, 3.63) is 47.0 Å². The van der Waals surface area contributed by atoms with Gasteiger partial charge in [0.2, 0.25) is 0 Å². The standard InChI is InChI=1S/C42H55NO8/c1-25(2)10-11-29-21-41(49)34(39(23-44)15-12-30(46)22-40(29,39)48)13-16-38-14-6-5-8-26-7-3-4-9-27(26)18-33(43-24-45)31-17-28(20-42(38,41)50)36(38)32-19-35(47)51-37(31)32/h3-4,7,9,19,23,25,28-31,33-34,36-37,43,45-46,48-50H,6,10-18,20-22,24H2,1-2H3. The molecule has 1 aromatic rings. The van der Waals surface area contributed by atoms with Crippen LogP contribution in [0.1, 0.15) is 102 Å². The maximum atomic E-state index is 13.8. The summed E-state index contributed by atoms with van der Waals surface area (Å²) in [6.45, 7) is 3.99. The van der Waals surface area contributed by atoms with Crippen LogP contribution in [-0.2, 0) is 20.7 Å². The molecule has 6 N–H and O–H groups in total. The first kappa shape index (κ1) is 35.4. The van der Waals surface area contributed by atoms with Crippen LogP contribution in [-0.4, -0.2) is 79.6 Å². The molecule has 13 atom stereocenters. The number of aliphatic hydroxyl groups is 5. The maximum absolute atomic E-state index is 13.8. The molecule has 1 spiro atoms. The second kappa shape index (κ2) is 12.5. The van der Waals surface area contributed by atoms with E-state index in [1.165, 1.54) is 0 Å². The molecule has 9 nitrogen and oxygen atoms in total. The Kier molecular flexibility index (Phi) is 8.69. The van der Waals surface area contributed by atoms with Crippen LogP contribution in [0.3, 0.4) is 0 Å². The largest absolute Gasteiger partial charge is 0.454 e. The van der Waals surface area contributed by atoms with Crippen LogP contribution < -0.4 is 5.32 Å². The molecule has 4 bridgehead atoms. The van der Waals surface area contributed by atoms with Gasteiger partial charge in [-0.3, -0.25) is 5.32 Å². The SMILES string of the molecule is CC(C)CCC1CC2(O)C(CCC34CCC#Cc5ccccc5CC(NCO)C5CC(CC23O)C4C2=CC(=O)OC25)C2(C=O)CCC(O)CC12O. The van der Waals surface area contributed by atoms with Gasteiger partial charge in [0.15, 0.2) is 0 Å². The lowest BCUT2D eigenvalue weighted by Crippen LogP contribution is -2.79. The summed E-state index contributed by atoms with van der Waals surface area (Å²) in [5.41, 5.74) is -4.17. The molecule has 7 aliphatic rings. The van der Waals surface area contributed by atoms with Gasteiger partial charge in [-0.1, -0.05) is 50.3 Å². The number of carbonyl (C=O) groups excluding carboxylic acids is 2. The van der Waals surface area contributed by atoms with Crippen LogP contribution >= 0.6 is 0 Å². The Hall–Kier alpha value is -2.58. The van der Waals surface area contributed by atoms with E-state index in [9.17, 15) is 35.1 Å². The first-order valence-electron chi connectivity index (χ1n) is 19.5. The van der Waals surface area contributed by atoms with Crippen molar-refractivity contribution in [2.75, 3.05) is 6.73 Å². The minimum atomic E-state index is -1.70. The van der Waals surface area contributed by atoms with Gasteiger partial charge in [0, 0.05) is 47.8 Å². The average molecular weight is 702 g/mol. The summed E-state index contributed by atoms with van der Waals surface area (Å²) < 4.78 is 6.13. The summed E-state index contributed by atoms with van der Waals surface area (Å²) >= 11 is 0. The number of nitrogens with one attached hydrogen (secondary N) is 1. The van der Waals surface area contributed by atoms with Crippen LogP contribution in [0, 0.1) is 58.2 Å². The zero-order valence-electron chi connectivity index (χ0n) is 30.0. The number of rotatable bonds is 6. The predicted octanol–water partition coefficient (Wildman–Crippen LogP) is 3.57. The zero-order chi connectivity index (χ0) is 36.0. The maximum Gasteiger partial charge on any atom is 0.331 e. The molecule has 6 aliphatic carbocycles. The first-order valence-corrected chi connectivity index (χ1v) is 19.5. The summed E-state index contributed by atoms with van der Waals surface area (Å²) in [7, 11) is 0. The molecule has 0 amide bonds. The Morgan fingerprint density at radius 1 is 1.06 bits per heavy atom. The fraction of sp³-hybridized carbons (Fsp3) is 0.714. The minimum Gasteiger partial charge on any atom is -0.454 e. The molecular formula is C42H55NO8. The van der Waals surface area contributed by atoms with Crippen molar-refractivity contribution in [3.8, 4) is 11.8 Å². The molecule has 1 aliphatic heterocycles. The van der Waals surface area contributed by atoms with Crippen molar-refractivity contribution < 1.29 is 39.9 Å². The minimum absolute atomic E-state index is 0.0852. The number of aliphatic hydroxyl groups excluding tert-OH is 2. The highest BCUT2D eigenvalue weighted by molar-refractivity contribution is 5.86. The molecule has 51 heavy (non-hydrogen) atoms. The number of esters is 1. The van der Waals surface area contributed by atoms with Crippen LogP contribution in [0.15, 0.2) is 35.9 Å². The number of aldehydes is 1. The van der Waals surface area contributed by atoms with Crippen molar-refractivity contribution in [1.82, 2.24) is 5.32 Å². The molecule has 13 unspecified atom stereocenters. The van der Waals surface area contributed by atoms with Crippen LogP contribution in [0.2, 0.25) is 0 Å². The fourth-order valence-electron chi connectivity index (χ4n) is 13.4. The normalized spacial score (nSPS) is 46.7. The Bertz CT molecular complexity index is 1660. The van der Waals surface area contributed by atoms with Crippen molar-refractivity contribution in [3.63, 3.8) is 0 Å². The van der Waals surface area contributed by atoms with E-state index in [1.54, 1.807) is 6.08 Å². The van der Waals surface area contributed by atoms with Crippen molar-refractivity contribution in [1.29, 1.82) is 0 Å². The number of carbonyl (C=O) groups is 2. The predicted molar refractivity (Wildman–Crippen MR) is 188 cm³/mol. The average Bonchev–Trinajstić information content (AvgIpc) is 3.60. The number of benzene rings is 1. The van der Waals surface area contributed by atoms with E-state index in [0.29, 0.717) is 63.7 Å². The zero-order valence-corrected chi connectivity index (χ0v) is 30.0. The van der Waals surface area contributed by atoms with Crippen molar-refractivity contribution in [2.45, 2.75) is 132 Å². The number of hydrogen-bond donors (Lipinski definition) is 6. The molecule has 1 aromatic carbocycles. The highest BCUT2D eigenvalue weighted by Gasteiger charge is 2.81. The van der Waals surface area contributed by atoms with Gasteiger partial charge in [0.1, 0.15) is 18.0 Å². The molecule has 1 heterocycles. The van der Waals surface area contributed by atoms with Crippen LogP contribution in [0.25, 0.3) is 0 Å². The van der Waals surface area contributed by atoms with E-state index < -0.39 is 57.6 Å². The monoisotopic (exact) mass is 701 g/mol. The van der Waals surface area contributed by atoms with E-state index in [0.717, 1.165) is 29.4 Å². The second-order valence-corrected chi connectivity index (χ2v) is 17.9. The second-order valence-electron chi connectivity index (χ2n) is 17.9. The van der Waals surface area contributed by atoms with Gasteiger partial charge < -0.3 is 35.1 Å². The van der Waals surface area contributed by atoms with Crippen molar-refractivity contribution >= 4 is 12.3 Å². The lowest BCUT2D eigenvalue weighted by atomic mass is 9.37. The lowest BCUT2D eigenvalue weighted by molar-refractivity contribution is -0.334. The third-order valence-corrected chi connectivity index (χ3v) is 15.4. The van der Waals surface area contributed by atoms with Gasteiger partial charge >= 0.3 is 5.97 Å². The molecule has 9 heteroatoms. The summed E-state index contributed by atoms with van der Waals surface area (Å²) in [4.78, 5) is 26.8. The van der Waals surface area contributed by atoms with Gasteiger partial charge in [-0.2, -0.15) is 0 Å². The molecule has 5 saturated carbocycles. The van der Waals surface area contributed by atoms with Gasteiger partial charge in [0.25, 0.3) is 0 Å². The third kappa shape index (κ3) is 4.89. The summed E-state index contributed by atoms with van der Waals surface area (Å²) in [5.74, 6) is 5.04. The molecule has 276 valence electrons. The molecule has 5 fully saturated rings. The van der Waals surface area contributed by atoms with Crippen LogP contribution in [0.4, 0.5) is 0 Å². The summed E-state index contributed by atoms with van der Waals surface area (Å²) in [6.07, 6.45) is 6.82. The van der Waals surface area contributed by atoms with Gasteiger partial charge in [-0.15, -0.1) is 0 Å². The number of ether oxygens (including phenoxy) is 1. The summed E-state index contributed by atoms with van der Waals surface area (Å²) in [6, 6.07) is 7.78. The third-order valence-electron chi connectivity index (χ3n) is 15.4.